The van der Waals surface area contributed by atoms with E-state index in [-0.39, 0.29) is 22.6 Å². The van der Waals surface area contributed by atoms with Crippen molar-refractivity contribution in [3.8, 4) is 0 Å². The molecule has 26 heavy (non-hydrogen) atoms. The van der Waals surface area contributed by atoms with Gasteiger partial charge in [-0.25, -0.2) is 0 Å². The average molecular weight is 357 g/mol. The van der Waals surface area contributed by atoms with Crippen LogP contribution in [-0.4, -0.2) is 11.8 Å². The maximum Gasteiger partial charge on any atom is 0.248 e. The molecule has 4 heteroatoms. The van der Waals surface area contributed by atoms with Gasteiger partial charge >= 0.3 is 0 Å². The summed E-state index contributed by atoms with van der Waals surface area (Å²) in [5, 5.41) is 0. The van der Waals surface area contributed by atoms with Gasteiger partial charge in [-0.05, 0) is 61.2 Å². The molecule has 4 aliphatic rings. The van der Waals surface area contributed by atoms with Gasteiger partial charge in [-0.1, -0.05) is 52.0 Å². The lowest BCUT2D eigenvalue weighted by molar-refractivity contribution is -0.137. The van der Waals surface area contributed by atoms with E-state index in [9.17, 15) is 9.59 Å². The van der Waals surface area contributed by atoms with Crippen molar-refractivity contribution in [3.05, 3.63) is 24.3 Å². The Balaban J connectivity index is 1.47. The minimum Gasteiger partial charge on any atom is -0.272 e. The van der Waals surface area contributed by atoms with Crippen molar-refractivity contribution in [1.82, 2.24) is 10.9 Å². The number of fused-ring (bicyclic) bond motifs is 4. The Hall–Kier alpha value is -1.58. The van der Waals surface area contributed by atoms with Crippen LogP contribution in [0.25, 0.3) is 0 Å². The van der Waals surface area contributed by atoms with E-state index in [1.165, 1.54) is 0 Å². The van der Waals surface area contributed by atoms with Crippen LogP contribution in [0.5, 0.6) is 0 Å². The molecular formula is C22H32N2O2. The van der Waals surface area contributed by atoms with Crippen LogP contribution >= 0.6 is 0 Å². The SMILES string of the molecule is C=C1C(C)(C)[C@@H]2CC[C@]1(C(=O)NNC(=O)[C@]13CC[C@H](C1)C(C)(C)C3=C)C2. The third-order valence-corrected chi connectivity index (χ3v) is 8.94. The molecule has 2 amide bonds. The molecule has 142 valence electrons. The summed E-state index contributed by atoms with van der Waals surface area (Å²) in [5.74, 6) is 0.859. The van der Waals surface area contributed by atoms with Gasteiger partial charge in [0.05, 0.1) is 10.8 Å². The summed E-state index contributed by atoms with van der Waals surface area (Å²) in [5.41, 5.74) is 6.58. The molecule has 4 bridgehead atoms. The van der Waals surface area contributed by atoms with Crippen LogP contribution in [0.2, 0.25) is 0 Å². The quantitative estimate of drug-likeness (QED) is 0.582. The van der Waals surface area contributed by atoms with Gasteiger partial charge in [0.25, 0.3) is 0 Å². The van der Waals surface area contributed by atoms with Crippen LogP contribution in [0, 0.1) is 33.5 Å². The Morgan fingerprint density at radius 1 is 0.808 bits per heavy atom. The van der Waals surface area contributed by atoms with Gasteiger partial charge in [0, 0.05) is 0 Å². The van der Waals surface area contributed by atoms with E-state index in [1.54, 1.807) is 0 Å². The molecule has 0 aromatic rings. The van der Waals surface area contributed by atoms with Crippen molar-refractivity contribution >= 4 is 11.8 Å². The predicted molar refractivity (Wildman–Crippen MR) is 102 cm³/mol. The normalized spacial score (nSPS) is 41.5. The first kappa shape index (κ1) is 17.8. The Labute approximate surface area is 156 Å². The minimum absolute atomic E-state index is 0.000717. The van der Waals surface area contributed by atoms with E-state index < -0.39 is 10.8 Å². The monoisotopic (exact) mass is 356 g/mol. The summed E-state index contributed by atoms with van der Waals surface area (Å²) in [4.78, 5) is 26.1. The number of carbonyl (C=O) groups excluding carboxylic acids is 2. The van der Waals surface area contributed by atoms with Gasteiger partial charge in [-0.15, -0.1) is 0 Å². The predicted octanol–water partition coefficient (Wildman–Crippen LogP) is 3.90. The highest BCUT2D eigenvalue weighted by Crippen LogP contribution is 2.66. The Morgan fingerprint density at radius 2 is 1.15 bits per heavy atom. The highest BCUT2D eigenvalue weighted by atomic mass is 16.2. The molecule has 2 N–H and O–H groups in total. The largest absolute Gasteiger partial charge is 0.272 e. The van der Waals surface area contributed by atoms with Crippen molar-refractivity contribution in [2.24, 2.45) is 33.5 Å². The lowest BCUT2D eigenvalue weighted by atomic mass is 9.68. The highest BCUT2D eigenvalue weighted by Gasteiger charge is 2.62. The Kier molecular flexibility index (Phi) is 3.44. The second kappa shape index (κ2) is 5.02. The third-order valence-electron chi connectivity index (χ3n) is 8.94. The Morgan fingerprint density at radius 3 is 1.42 bits per heavy atom. The van der Waals surface area contributed by atoms with Crippen LogP contribution in [-0.2, 0) is 9.59 Å². The zero-order valence-corrected chi connectivity index (χ0v) is 16.6. The van der Waals surface area contributed by atoms with Gasteiger partial charge in [-0.3, -0.25) is 20.4 Å². The molecule has 0 heterocycles. The molecule has 4 atom stereocenters. The van der Waals surface area contributed by atoms with E-state index >= 15 is 0 Å². The molecule has 0 spiro atoms. The summed E-state index contributed by atoms with van der Waals surface area (Å²) in [6, 6.07) is 0. The van der Waals surface area contributed by atoms with Crippen LogP contribution in [0.1, 0.15) is 66.2 Å². The second-order valence-electron chi connectivity index (χ2n) is 10.4. The second-order valence-corrected chi connectivity index (χ2v) is 10.4. The molecular weight excluding hydrogens is 324 g/mol. The number of rotatable bonds is 2. The van der Waals surface area contributed by atoms with Gasteiger partial charge in [0.15, 0.2) is 0 Å². The average Bonchev–Trinajstić information content (AvgIpc) is 3.30. The molecule has 0 aromatic heterocycles. The summed E-state index contributed by atoms with van der Waals surface area (Å²) >= 11 is 0. The maximum atomic E-state index is 13.0. The fourth-order valence-corrected chi connectivity index (χ4v) is 6.64. The van der Waals surface area contributed by atoms with E-state index in [0.717, 1.165) is 49.7 Å². The molecule has 4 nitrogen and oxygen atoms in total. The Bertz CT molecular complexity index is 672. The third kappa shape index (κ3) is 1.91. The van der Waals surface area contributed by atoms with Crippen molar-refractivity contribution in [2.45, 2.75) is 66.2 Å². The van der Waals surface area contributed by atoms with Gasteiger partial charge < -0.3 is 0 Å². The van der Waals surface area contributed by atoms with Crippen LogP contribution in [0.4, 0.5) is 0 Å². The van der Waals surface area contributed by atoms with Crippen molar-refractivity contribution in [1.29, 1.82) is 0 Å². The fourth-order valence-electron chi connectivity index (χ4n) is 6.64. The first-order valence-corrected chi connectivity index (χ1v) is 9.99. The topological polar surface area (TPSA) is 58.2 Å². The fraction of sp³-hybridized carbons (Fsp3) is 0.727. The first-order chi connectivity index (χ1) is 12.0. The smallest absolute Gasteiger partial charge is 0.248 e. The van der Waals surface area contributed by atoms with Crippen LogP contribution < -0.4 is 10.9 Å². The van der Waals surface area contributed by atoms with Crippen molar-refractivity contribution in [3.63, 3.8) is 0 Å². The van der Waals surface area contributed by atoms with Gasteiger partial charge in [-0.2, -0.15) is 0 Å². The van der Waals surface area contributed by atoms with Crippen molar-refractivity contribution in [2.75, 3.05) is 0 Å². The molecule has 4 fully saturated rings. The summed E-state index contributed by atoms with van der Waals surface area (Å²) in [6.45, 7) is 17.3. The summed E-state index contributed by atoms with van der Waals surface area (Å²) < 4.78 is 0. The number of amides is 2. The number of carbonyl (C=O) groups is 2. The molecule has 4 aliphatic carbocycles. The zero-order valence-electron chi connectivity index (χ0n) is 16.6. The molecule has 0 radical (unpaired) electrons. The standard InChI is InChI=1S/C22H32N2O2/c1-13-19(3,4)15-7-9-21(13,11-15)17(25)23-24-18(26)22-10-8-16(12-22)20(5,6)14(22)2/h15-16H,1-2,7-12H2,3-6H3,(H,23,25)(H,24,26)/t15-,16-,21-,22+/m1/s1. The van der Waals surface area contributed by atoms with E-state index in [1.807, 2.05) is 0 Å². The lowest BCUT2D eigenvalue weighted by Gasteiger charge is -2.38. The number of hydrazine groups is 1. The summed E-state index contributed by atoms with van der Waals surface area (Å²) in [7, 11) is 0. The van der Waals surface area contributed by atoms with E-state index in [0.29, 0.717) is 11.8 Å². The van der Waals surface area contributed by atoms with Crippen LogP contribution in [0.15, 0.2) is 24.3 Å². The highest BCUT2D eigenvalue weighted by molar-refractivity contribution is 5.92. The van der Waals surface area contributed by atoms with Gasteiger partial charge in [0.2, 0.25) is 11.8 Å². The molecule has 4 rings (SSSR count). The molecule has 4 saturated carbocycles. The van der Waals surface area contributed by atoms with Crippen LogP contribution in [0.3, 0.4) is 0 Å². The number of hydrogen-bond acceptors (Lipinski definition) is 2. The van der Waals surface area contributed by atoms with Gasteiger partial charge in [0.1, 0.15) is 0 Å². The molecule has 0 aromatic carbocycles. The zero-order chi connectivity index (χ0) is 19.1. The molecule has 0 saturated heterocycles. The lowest BCUT2D eigenvalue weighted by Crippen LogP contribution is -2.53. The first-order valence-electron chi connectivity index (χ1n) is 9.99. The van der Waals surface area contributed by atoms with Crippen molar-refractivity contribution < 1.29 is 9.59 Å². The molecule has 0 unspecified atom stereocenters. The summed E-state index contributed by atoms with van der Waals surface area (Å²) in [6.07, 6.45) is 5.51. The molecule has 0 aliphatic heterocycles. The van der Waals surface area contributed by atoms with E-state index in [2.05, 4.69) is 51.7 Å². The minimum atomic E-state index is -0.511. The number of nitrogens with one attached hydrogen (secondary N) is 2. The van der Waals surface area contributed by atoms with E-state index in [4.69, 9.17) is 0 Å². The number of hydrogen-bond donors (Lipinski definition) is 2. The maximum absolute atomic E-state index is 13.0.